The number of aromatic nitrogens is 4. The highest BCUT2D eigenvalue weighted by Gasteiger charge is 2.45. The predicted octanol–water partition coefficient (Wildman–Crippen LogP) is 14.5. The van der Waals surface area contributed by atoms with Crippen LogP contribution in [-0.4, -0.2) is 163 Å². The average Bonchev–Trinajstić information content (AvgIpc) is 0.710. The number of benzene rings is 4. The Bertz CT molecular complexity index is 4570. The van der Waals surface area contributed by atoms with Crippen LogP contribution in [-0.2, 0) is 4.74 Å². The number of aryl methyl sites for hydroxylation is 2. The second-order valence-electron chi connectivity index (χ2n) is 29.5. The van der Waals surface area contributed by atoms with Gasteiger partial charge in [0.25, 0.3) is 11.1 Å². The van der Waals surface area contributed by atoms with E-state index in [4.69, 9.17) is 9.47 Å². The van der Waals surface area contributed by atoms with E-state index in [1.165, 1.54) is 52.6 Å². The number of ether oxygens (including phenoxy) is 2. The van der Waals surface area contributed by atoms with E-state index in [1.807, 2.05) is 107 Å². The molecule has 8 aromatic rings. The Morgan fingerprint density at radius 2 is 1.07 bits per heavy atom. The van der Waals surface area contributed by atoms with Crippen molar-refractivity contribution in [3.63, 3.8) is 0 Å². The van der Waals surface area contributed by atoms with Gasteiger partial charge in [0.2, 0.25) is 0 Å². The molecule has 2 saturated heterocycles. The van der Waals surface area contributed by atoms with Crippen LogP contribution >= 0.6 is 0 Å². The Labute approximate surface area is 581 Å². The van der Waals surface area contributed by atoms with Crippen LogP contribution in [0.5, 0.6) is 11.5 Å². The minimum absolute atomic E-state index is 0.0568. The molecule has 0 unspecified atom stereocenters. The van der Waals surface area contributed by atoms with Gasteiger partial charge in [0.1, 0.15) is 51.7 Å². The van der Waals surface area contributed by atoms with E-state index in [0.717, 1.165) is 44.5 Å². The molecular weight excluding hydrogens is 1290 g/mol. The number of piperazine rings is 1. The first kappa shape index (κ1) is 72.4. The number of carbonyl (C=O) groups excluding carboxylic acids is 1. The summed E-state index contributed by atoms with van der Waals surface area (Å²) in [5, 5.41) is 11.0. The van der Waals surface area contributed by atoms with Crippen molar-refractivity contribution in [1.82, 2.24) is 33.8 Å². The van der Waals surface area contributed by atoms with Crippen molar-refractivity contribution in [2.24, 2.45) is 5.92 Å². The van der Waals surface area contributed by atoms with Crippen molar-refractivity contribution < 1.29 is 45.7 Å². The zero-order valence-electron chi connectivity index (χ0n) is 60.3. The summed E-state index contributed by atoms with van der Waals surface area (Å²) in [4.78, 5) is 67.4. The summed E-state index contributed by atoms with van der Waals surface area (Å²) >= 11 is 0. The number of rotatable bonds is 15. The molecule has 1 amide bonds. The number of fused-ring (bicyclic) bond motifs is 10. The molecule has 4 aromatic heterocycles. The van der Waals surface area contributed by atoms with Crippen molar-refractivity contribution in [2.45, 2.75) is 137 Å². The molecule has 0 spiro atoms. The van der Waals surface area contributed by atoms with Gasteiger partial charge in [-0.25, -0.2) is 31.1 Å². The van der Waals surface area contributed by atoms with Gasteiger partial charge in [-0.05, 0) is 186 Å². The van der Waals surface area contributed by atoms with Crippen molar-refractivity contribution in [3.8, 4) is 45.1 Å². The fraction of sp³-hybridized carbons (Fsp3) is 0.468. The van der Waals surface area contributed by atoms with Gasteiger partial charge in [-0.15, -0.1) is 0 Å². The van der Waals surface area contributed by atoms with E-state index in [1.54, 1.807) is 29.4 Å². The lowest BCUT2D eigenvalue weighted by Crippen LogP contribution is -2.65. The summed E-state index contributed by atoms with van der Waals surface area (Å²) in [6, 6.07) is 12.8. The summed E-state index contributed by atoms with van der Waals surface area (Å²) in [7, 11) is 9.26. The standard InChI is InChI=1S/C41H51F3N6O4.C36H42F3N5O2/c1-23(2)34-35(24(3)15-16-45-34)50-36-27(19-29(43)32(33(36)44)31-28(42)13-11-14-30(31)53-10)37-38(39(50)51)47(18-12-17-46(8)9)21-26-22-48(25(4)20-49(26)37)40(52)54-41(5,6)7;1-20(2)31-32(22(4)13-14-40-31)44-33-24(17-26(38)29(30(33)39)28-25(37)9-7-10-27(28)45)34-35(36(44)46)42(16-8-15-41(5)6)19-23-12-11-21(3)18-43(23)34/h11,13-16,19,23,25-26H,12,17-18,20-22H2,1-10H3;7,9-10,13-14,17,20-21,23,45H,8,11-12,15-16,18-19H2,1-6H3/t25-,26+;21-,23+/m10/s1. The molecule has 0 radical (unpaired) electrons. The Morgan fingerprint density at radius 1 is 0.600 bits per heavy atom. The molecule has 17 nitrogen and oxygen atoms in total. The number of pyridine rings is 4. The Kier molecular flexibility index (Phi) is 20.8. The quantitative estimate of drug-likeness (QED) is 0.0971. The maximum atomic E-state index is 17.7. The zero-order chi connectivity index (χ0) is 72.4. The summed E-state index contributed by atoms with van der Waals surface area (Å²) in [5.41, 5.74) is 0.588. The zero-order valence-corrected chi connectivity index (χ0v) is 60.3. The average molecular weight is 1380 g/mol. The number of hydrogen-bond donors (Lipinski definition) is 1. The maximum absolute atomic E-state index is 17.7. The number of carbonyl (C=O) groups is 1. The topological polar surface area (TPSA) is 148 Å². The molecule has 8 heterocycles. The molecular formula is C77H93F6N11O6. The van der Waals surface area contributed by atoms with Crippen LogP contribution in [0.3, 0.4) is 0 Å². The number of halogens is 6. The van der Waals surface area contributed by atoms with Crippen molar-refractivity contribution in [1.29, 1.82) is 0 Å². The molecule has 12 rings (SSSR count). The number of hydrogen-bond acceptors (Lipinski definition) is 14. The van der Waals surface area contributed by atoms with E-state index in [0.29, 0.717) is 102 Å². The van der Waals surface area contributed by atoms with Crippen molar-refractivity contribution in [3.05, 3.63) is 151 Å². The fourth-order valence-electron chi connectivity index (χ4n) is 15.1. The molecule has 4 aliphatic rings. The molecule has 0 bridgehead atoms. The maximum Gasteiger partial charge on any atom is 0.410 e. The summed E-state index contributed by atoms with van der Waals surface area (Å²) in [6.07, 6.45) is 6.25. The lowest BCUT2D eigenvalue weighted by molar-refractivity contribution is 0.0125. The Morgan fingerprint density at radius 3 is 1.54 bits per heavy atom. The third kappa shape index (κ3) is 13.4. The smallest absolute Gasteiger partial charge is 0.410 e. The van der Waals surface area contributed by atoms with Crippen molar-refractivity contribution >= 4 is 50.6 Å². The molecule has 100 heavy (non-hydrogen) atoms. The molecule has 4 aliphatic heterocycles. The molecule has 23 heteroatoms. The number of phenolic OH excluding ortho intramolecular Hbond substituents is 1. The highest BCUT2D eigenvalue weighted by atomic mass is 19.2. The minimum atomic E-state index is -1.11. The molecule has 0 aliphatic carbocycles. The van der Waals surface area contributed by atoms with Crippen LogP contribution in [0.1, 0.15) is 122 Å². The van der Waals surface area contributed by atoms with Crippen LogP contribution in [0, 0.1) is 54.7 Å². The van der Waals surface area contributed by atoms with E-state index < -0.39 is 80.2 Å². The summed E-state index contributed by atoms with van der Waals surface area (Å²) in [6.45, 7) is 25.7. The van der Waals surface area contributed by atoms with Crippen LogP contribution in [0.2, 0.25) is 0 Å². The fourth-order valence-corrected chi connectivity index (χ4v) is 15.1. The summed E-state index contributed by atoms with van der Waals surface area (Å²) < 4.78 is 113. The first-order valence-corrected chi connectivity index (χ1v) is 34.6. The molecule has 0 saturated carbocycles. The van der Waals surface area contributed by atoms with Gasteiger partial charge >= 0.3 is 6.09 Å². The van der Waals surface area contributed by atoms with Gasteiger partial charge in [-0.1, -0.05) is 46.8 Å². The van der Waals surface area contributed by atoms with Gasteiger partial charge in [0.15, 0.2) is 11.6 Å². The molecule has 4 aromatic carbocycles. The number of amides is 1. The SMILES string of the molecule is COc1cccc(F)c1-c1c(F)cc2c3c(c(=O)n(-c4c(C)ccnc4C(C)C)c2c1F)N(CCCN(C)C)C[C@H]1CN(C(=O)OC(C)(C)C)[C@H](C)CN31.Cc1ccnc(C(C)C)c1-n1c(=O)c2c(c3cc(F)c(-c4c(O)cccc4F)c(F)c31)N1C[C@@H](C)CC[C@@H]1CN2CCCN(C)C. The number of aromatic hydroxyl groups is 1. The third-order valence-corrected chi connectivity index (χ3v) is 19.7. The van der Waals surface area contributed by atoms with Gasteiger partial charge in [-0.3, -0.25) is 28.7 Å². The first-order chi connectivity index (χ1) is 47.3. The van der Waals surface area contributed by atoms with E-state index in [2.05, 4.69) is 36.5 Å². The molecule has 4 atom stereocenters. The van der Waals surface area contributed by atoms with Crippen LogP contribution < -0.4 is 35.5 Å². The van der Waals surface area contributed by atoms with E-state index >= 15 is 35.9 Å². The second kappa shape index (κ2) is 28.7. The molecule has 2 fully saturated rings. The minimum Gasteiger partial charge on any atom is -0.507 e. The highest BCUT2D eigenvalue weighted by molar-refractivity contribution is 6.05. The third-order valence-electron chi connectivity index (χ3n) is 19.7. The lowest BCUT2D eigenvalue weighted by Gasteiger charge is -2.52. The number of phenols is 1. The molecule has 1 N–H and O–H groups in total. The summed E-state index contributed by atoms with van der Waals surface area (Å²) in [5.74, 6) is -6.73. The second-order valence-corrected chi connectivity index (χ2v) is 29.5. The number of methoxy groups -OCH3 is 1. The van der Waals surface area contributed by atoms with Gasteiger partial charge in [0, 0.05) is 81.1 Å². The van der Waals surface area contributed by atoms with E-state index in [9.17, 15) is 9.90 Å². The predicted molar refractivity (Wildman–Crippen MR) is 385 cm³/mol. The lowest BCUT2D eigenvalue weighted by atomic mass is 9.89. The van der Waals surface area contributed by atoms with Gasteiger partial charge in [-0.2, -0.15) is 0 Å². The molecule has 534 valence electrons. The normalized spacial score (nSPS) is 17.7. The number of nitrogens with zero attached hydrogens (tertiary/aromatic N) is 11. The van der Waals surface area contributed by atoms with Gasteiger partial charge in [0.05, 0.1) is 80.6 Å². The van der Waals surface area contributed by atoms with E-state index in [-0.39, 0.29) is 76.2 Å². The Balaban J connectivity index is 0.000000204. The largest absolute Gasteiger partial charge is 0.507 e. The van der Waals surface area contributed by atoms with Crippen LogP contribution in [0.15, 0.2) is 82.6 Å². The highest BCUT2D eigenvalue weighted by Crippen LogP contribution is 2.50. The van der Waals surface area contributed by atoms with Gasteiger partial charge < -0.3 is 48.9 Å². The van der Waals surface area contributed by atoms with Crippen LogP contribution in [0.4, 0.5) is 53.9 Å². The van der Waals surface area contributed by atoms with Crippen LogP contribution in [0.25, 0.3) is 55.4 Å². The van der Waals surface area contributed by atoms with Crippen molar-refractivity contribution in [2.75, 3.05) is 114 Å². The number of anilines is 4. The first-order valence-electron chi connectivity index (χ1n) is 34.6. The Hall–Kier alpha value is -8.83. The monoisotopic (exact) mass is 1380 g/mol. The number of piperidine rings is 1.